The highest BCUT2D eigenvalue weighted by Crippen LogP contribution is 2.20. The van der Waals surface area contributed by atoms with E-state index in [2.05, 4.69) is 13.8 Å². The van der Waals surface area contributed by atoms with Gasteiger partial charge < -0.3 is 9.47 Å². The third kappa shape index (κ3) is 11.4. The quantitative estimate of drug-likeness (QED) is 0.404. The van der Waals surface area contributed by atoms with Crippen molar-refractivity contribution in [3.05, 3.63) is 0 Å². The molecule has 0 aromatic rings. The van der Waals surface area contributed by atoms with Crippen LogP contribution in [0.15, 0.2) is 0 Å². The molecule has 2 atom stereocenters. The molecule has 0 saturated carbocycles. The fourth-order valence-corrected chi connectivity index (χ4v) is 2.65. The first kappa shape index (κ1) is 18.9. The van der Waals surface area contributed by atoms with Gasteiger partial charge in [-0.3, -0.25) is 0 Å². The van der Waals surface area contributed by atoms with Crippen molar-refractivity contribution in [1.29, 1.82) is 0 Å². The molecule has 2 heteroatoms. The van der Waals surface area contributed by atoms with E-state index in [-0.39, 0.29) is 0 Å². The molecule has 0 aromatic carbocycles. The minimum absolute atomic E-state index is 0.456. The average molecular weight is 272 g/mol. The van der Waals surface area contributed by atoms with Gasteiger partial charge in [0.05, 0.1) is 6.10 Å². The number of hydrogen-bond acceptors (Lipinski definition) is 2. The number of rotatable bonds is 14. The standard InChI is InChI=1S/C17H36O2/c1-5-7-9-11-16(15-18-3)13-14-17(19-4)12-10-8-6-2/h16-17H,5-15H2,1-4H3. The van der Waals surface area contributed by atoms with Crippen LogP contribution in [0.2, 0.25) is 0 Å². The third-order valence-electron chi connectivity index (χ3n) is 3.98. The summed E-state index contributed by atoms with van der Waals surface area (Å²) in [5.74, 6) is 0.723. The van der Waals surface area contributed by atoms with Crippen LogP contribution in [0.4, 0.5) is 0 Å². The summed E-state index contributed by atoms with van der Waals surface area (Å²) in [6.45, 7) is 5.43. The smallest absolute Gasteiger partial charge is 0.0571 e. The van der Waals surface area contributed by atoms with Gasteiger partial charge in [-0.2, -0.15) is 0 Å². The molecule has 0 aliphatic carbocycles. The zero-order valence-electron chi connectivity index (χ0n) is 13.7. The van der Waals surface area contributed by atoms with E-state index in [1.54, 1.807) is 0 Å². The first-order valence-corrected chi connectivity index (χ1v) is 8.30. The molecular weight excluding hydrogens is 236 g/mol. The van der Waals surface area contributed by atoms with Crippen LogP contribution >= 0.6 is 0 Å². The Balaban J connectivity index is 3.83. The molecular formula is C17H36O2. The van der Waals surface area contributed by atoms with E-state index in [0.717, 1.165) is 12.5 Å². The van der Waals surface area contributed by atoms with Gasteiger partial charge in [0.25, 0.3) is 0 Å². The lowest BCUT2D eigenvalue weighted by Crippen LogP contribution is -2.15. The number of methoxy groups -OCH3 is 2. The topological polar surface area (TPSA) is 18.5 Å². The van der Waals surface area contributed by atoms with Gasteiger partial charge in [-0.15, -0.1) is 0 Å². The van der Waals surface area contributed by atoms with Crippen LogP contribution in [0, 0.1) is 5.92 Å². The van der Waals surface area contributed by atoms with E-state index in [1.165, 1.54) is 64.2 Å². The van der Waals surface area contributed by atoms with Gasteiger partial charge in [0, 0.05) is 20.8 Å². The fourth-order valence-electron chi connectivity index (χ4n) is 2.65. The number of ether oxygens (including phenoxy) is 2. The minimum atomic E-state index is 0.456. The van der Waals surface area contributed by atoms with E-state index < -0.39 is 0 Å². The SMILES string of the molecule is CCCCCC(CCC(CCCCC)OC)COC. The Bertz CT molecular complexity index is 171. The summed E-state index contributed by atoms with van der Waals surface area (Å²) in [5, 5.41) is 0. The highest BCUT2D eigenvalue weighted by atomic mass is 16.5. The lowest BCUT2D eigenvalue weighted by Gasteiger charge is -2.20. The second-order valence-corrected chi connectivity index (χ2v) is 5.75. The zero-order valence-corrected chi connectivity index (χ0v) is 13.7. The van der Waals surface area contributed by atoms with Gasteiger partial charge in [0.1, 0.15) is 0 Å². The Morgan fingerprint density at radius 2 is 1.37 bits per heavy atom. The van der Waals surface area contributed by atoms with E-state index >= 15 is 0 Å². The maximum atomic E-state index is 5.61. The molecule has 2 nitrogen and oxygen atoms in total. The van der Waals surface area contributed by atoms with Crippen LogP contribution in [0.25, 0.3) is 0 Å². The lowest BCUT2D eigenvalue weighted by molar-refractivity contribution is 0.0701. The van der Waals surface area contributed by atoms with E-state index in [9.17, 15) is 0 Å². The van der Waals surface area contributed by atoms with Gasteiger partial charge in [0.15, 0.2) is 0 Å². The van der Waals surface area contributed by atoms with Crippen LogP contribution in [-0.4, -0.2) is 26.9 Å². The van der Waals surface area contributed by atoms with Gasteiger partial charge in [-0.25, -0.2) is 0 Å². The van der Waals surface area contributed by atoms with E-state index in [1.807, 2.05) is 14.2 Å². The van der Waals surface area contributed by atoms with E-state index in [4.69, 9.17) is 9.47 Å². The first-order valence-electron chi connectivity index (χ1n) is 8.30. The predicted octanol–water partition coefficient (Wildman–Crippen LogP) is 5.20. The number of hydrogen-bond donors (Lipinski definition) is 0. The highest BCUT2D eigenvalue weighted by molar-refractivity contribution is 4.65. The summed E-state index contributed by atoms with van der Waals surface area (Å²) < 4.78 is 11.0. The van der Waals surface area contributed by atoms with Crippen LogP contribution in [0.5, 0.6) is 0 Å². The zero-order chi connectivity index (χ0) is 14.3. The molecule has 0 aromatic heterocycles. The summed E-state index contributed by atoms with van der Waals surface area (Å²) >= 11 is 0. The normalized spacial score (nSPS) is 14.5. The first-order chi connectivity index (χ1) is 9.28. The summed E-state index contributed by atoms with van der Waals surface area (Å²) in [7, 11) is 3.68. The number of unbranched alkanes of at least 4 members (excludes halogenated alkanes) is 4. The van der Waals surface area contributed by atoms with Gasteiger partial charge >= 0.3 is 0 Å². The maximum absolute atomic E-state index is 5.61. The summed E-state index contributed by atoms with van der Waals surface area (Å²) in [6, 6.07) is 0. The summed E-state index contributed by atoms with van der Waals surface area (Å²) in [4.78, 5) is 0. The monoisotopic (exact) mass is 272 g/mol. The molecule has 2 unspecified atom stereocenters. The molecule has 19 heavy (non-hydrogen) atoms. The van der Waals surface area contributed by atoms with Crippen molar-refractivity contribution in [2.45, 2.75) is 84.2 Å². The second-order valence-electron chi connectivity index (χ2n) is 5.75. The van der Waals surface area contributed by atoms with Crippen LogP contribution in [0.1, 0.15) is 78.1 Å². The lowest BCUT2D eigenvalue weighted by atomic mass is 9.94. The molecule has 0 radical (unpaired) electrons. The largest absolute Gasteiger partial charge is 0.384 e. The molecule has 0 N–H and O–H groups in total. The Morgan fingerprint density at radius 3 is 1.89 bits per heavy atom. The minimum Gasteiger partial charge on any atom is -0.384 e. The van der Waals surface area contributed by atoms with Crippen molar-refractivity contribution in [1.82, 2.24) is 0 Å². The van der Waals surface area contributed by atoms with Crippen LogP contribution in [0.3, 0.4) is 0 Å². The second kappa shape index (κ2) is 14.3. The van der Waals surface area contributed by atoms with Crippen molar-refractivity contribution in [2.75, 3.05) is 20.8 Å². The maximum Gasteiger partial charge on any atom is 0.0571 e. The van der Waals surface area contributed by atoms with Crippen molar-refractivity contribution in [3.63, 3.8) is 0 Å². The highest BCUT2D eigenvalue weighted by Gasteiger charge is 2.13. The van der Waals surface area contributed by atoms with Crippen molar-refractivity contribution in [3.8, 4) is 0 Å². The molecule has 0 aliphatic heterocycles. The van der Waals surface area contributed by atoms with Gasteiger partial charge in [-0.05, 0) is 31.6 Å². The van der Waals surface area contributed by atoms with E-state index in [0.29, 0.717) is 6.10 Å². The summed E-state index contributed by atoms with van der Waals surface area (Å²) in [6.07, 6.45) is 13.4. The van der Waals surface area contributed by atoms with Crippen molar-refractivity contribution < 1.29 is 9.47 Å². The molecule has 0 aliphatic rings. The summed E-state index contributed by atoms with van der Waals surface area (Å²) in [5.41, 5.74) is 0. The molecule has 116 valence electrons. The Hall–Kier alpha value is -0.0800. The molecule has 0 saturated heterocycles. The Kier molecular flexibility index (Phi) is 14.3. The van der Waals surface area contributed by atoms with Gasteiger partial charge in [-0.1, -0.05) is 52.4 Å². The van der Waals surface area contributed by atoms with Crippen LogP contribution < -0.4 is 0 Å². The molecule has 0 spiro atoms. The Labute approximate surface area is 121 Å². The molecule has 0 heterocycles. The molecule has 0 rings (SSSR count). The average Bonchev–Trinajstić information content (AvgIpc) is 2.42. The fraction of sp³-hybridized carbons (Fsp3) is 1.00. The Morgan fingerprint density at radius 1 is 0.737 bits per heavy atom. The molecule has 0 amide bonds. The third-order valence-corrected chi connectivity index (χ3v) is 3.98. The van der Waals surface area contributed by atoms with Crippen LogP contribution in [-0.2, 0) is 9.47 Å². The molecule has 0 fully saturated rings. The van der Waals surface area contributed by atoms with Crippen molar-refractivity contribution >= 4 is 0 Å². The van der Waals surface area contributed by atoms with Gasteiger partial charge in [0.2, 0.25) is 0 Å². The predicted molar refractivity (Wildman–Crippen MR) is 83.7 cm³/mol. The van der Waals surface area contributed by atoms with Crippen molar-refractivity contribution in [2.24, 2.45) is 5.92 Å². The molecule has 0 bridgehead atoms.